The largest absolute Gasteiger partial charge is 0.382 e. The van der Waals surface area contributed by atoms with Crippen LogP contribution in [-0.4, -0.2) is 17.0 Å². The molecule has 0 unspecified atom stereocenters. The first-order chi connectivity index (χ1) is 8.99. The van der Waals surface area contributed by atoms with E-state index in [0.717, 1.165) is 15.0 Å². The van der Waals surface area contributed by atoms with Gasteiger partial charge in [-0.15, -0.1) is 0 Å². The summed E-state index contributed by atoms with van der Waals surface area (Å²) in [6, 6.07) is 5.55. The number of hydrogen-bond acceptors (Lipinski definition) is 4. The summed E-state index contributed by atoms with van der Waals surface area (Å²) < 4.78 is 0.813. The van der Waals surface area contributed by atoms with Gasteiger partial charge in [0.2, 0.25) is 0 Å². The third-order valence-electron chi connectivity index (χ3n) is 2.59. The van der Waals surface area contributed by atoms with Crippen molar-refractivity contribution in [2.24, 2.45) is 0 Å². The molecule has 2 N–H and O–H groups in total. The van der Waals surface area contributed by atoms with Gasteiger partial charge in [-0.2, -0.15) is 0 Å². The van der Waals surface area contributed by atoms with Crippen molar-refractivity contribution in [3.05, 3.63) is 43.8 Å². The zero-order valence-electron chi connectivity index (χ0n) is 10.1. The molecule has 0 spiro atoms. The number of halogens is 3. The minimum Gasteiger partial charge on any atom is -0.382 e. The van der Waals surface area contributed by atoms with Crippen molar-refractivity contribution in [1.29, 1.82) is 0 Å². The van der Waals surface area contributed by atoms with Gasteiger partial charge >= 0.3 is 0 Å². The number of anilines is 2. The van der Waals surface area contributed by atoms with Crippen molar-refractivity contribution in [2.45, 2.75) is 6.54 Å². The van der Waals surface area contributed by atoms with Crippen LogP contribution < -0.4 is 10.6 Å². The quantitative estimate of drug-likeness (QED) is 0.622. The molecule has 0 saturated carbocycles. The molecule has 0 aliphatic heterocycles. The van der Waals surface area contributed by atoms with Crippen LogP contribution >= 0.6 is 45.8 Å². The molecule has 7 heteroatoms. The molecule has 4 nitrogen and oxygen atoms in total. The van der Waals surface area contributed by atoms with Crippen LogP contribution in [0.2, 0.25) is 10.0 Å². The summed E-state index contributed by atoms with van der Waals surface area (Å²) in [7, 11) is 1.93. The number of hydrogen-bond donors (Lipinski definition) is 1. The highest BCUT2D eigenvalue weighted by atomic mass is 127. The summed E-state index contributed by atoms with van der Waals surface area (Å²) in [5.74, 6) is 0.460. The molecule has 1 aromatic heterocycles. The maximum Gasteiger partial charge on any atom is 0.151 e. The van der Waals surface area contributed by atoms with Gasteiger partial charge in [-0.25, -0.2) is 9.97 Å². The molecule has 0 bridgehead atoms. The second-order valence-corrected chi connectivity index (χ2v) is 5.84. The van der Waals surface area contributed by atoms with Crippen molar-refractivity contribution in [2.75, 3.05) is 17.7 Å². The van der Waals surface area contributed by atoms with Gasteiger partial charge in [-0.1, -0.05) is 29.3 Å². The van der Waals surface area contributed by atoms with E-state index in [-0.39, 0.29) is 0 Å². The van der Waals surface area contributed by atoms with Gasteiger partial charge in [-0.05, 0) is 40.3 Å². The van der Waals surface area contributed by atoms with Crippen LogP contribution in [0, 0.1) is 3.70 Å². The fourth-order valence-corrected chi connectivity index (χ4v) is 2.85. The maximum atomic E-state index is 6.00. The van der Waals surface area contributed by atoms with Gasteiger partial charge in [0.15, 0.2) is 5.82 Å². The van der Waals surface area contributed by atoms with E-state index in [9.17, 15) is 0 Å². The summed E-state index contributed by atoms with van der Waals surface area (Å²) in [6.45, 7) is 0.643. The van der Waals surface area contributed by atoms with Crippen LogP contribution in [0.1, 0.15) is 5.56 Å². The first kappa shape index (κ1) is 14.6. The van der Waals surface area contributed by atoms with Gasteiger partial charge in [0.25, 0.3) is 0 Å². The number of aromatic nitrogens is 2. The van der Waals surface area contributed by atoms with Gasteiger partial charge in [0.05, 0.1) is 10.0 Å². The van der Waals surface area contributed by atoms with Crippen LogP contribution in [0.15, 0.2) is 24.5 Å². The van der Waals surface area contributed by atoms with Crippen LogP contribution in [0.3, 0.4) is 0 Å². The molecule has 1 heterocycles. The van der Waals surface area contributed by atoms with E-state index in [0.29, 0.717) is 22.4 Å². The van der Waals surface area contributed by atoms with E-state index in [2.05, 4.69) is 32.6 Å². The van der Waals surface area contributed by atoms with Gasteiger partial charge < -0.3 is 10.6 Å². The predicted molar refractivity (Wildman–Crippen MR) is 87.7 cm³/mol. The van der Waals surface area contributed by atoms with Crippen LogP contribution in [-0.2, 0) is 6.54 Å². The maximum absolute atomic E-state index is 6.00. The second kappa shape index (κ2) is 6.11. The van der Waals surface area contributed by atoms with Crippen LogP contribution in [0.5, 0.6) is 0 Å². The average Bonchev–Trinajstić information content (AvgIpc) is 2.33. The highest BCUT2D eigenvalue weighted by molar-refractivity contribution is 14.1. The SMILES string of the molecule is CN(Cc1ccc(Cl)c(Cl)c1)c1c(N)ncnc1I. The Balaban J connectivity index is 2.25. The van der Waals surface area contributed by atoms with Gasteiger partial charge in [-0.3, -0.25) is 0 Å². The normalized spacial score (nSPS) is 10.5. The minimum atomic E-state index is 0.460. The Kier molecular flexibility index (Phi) is 4.70. The topological polar surface area (TPSA) is 55.0 Å². The monoisotopic (exact) mass is 408 g/mol. The summed E-state index contributed by atoms with van der Waals surface area (Å²) in [5.41, 5.74) is 7.74. The first-order valence-electron chi connectivity index (χ1n) is 5.40. The number of nitrogens with zero attached hydrogens (tertiary/aromatic N) is 3. The highest BCUT2D eigenvalue weighted by Gasteiger charge is 2.12. The number of nitrogens with two attached hydrogens (primary N) is 1. The number of rotatable bonds is 3. The van der Waals surface area contributed by atoms with E-state index in [1.54, 1.807) is 6.07 Å². The van der Waals surface area contributed by atoms with E-state index in [1.807, 2.05) is 24.1 Å². The molecule has 0 radical (unpaired) electrons. The minimum absolute atomic E-state index is 0.460. The fourth-order valence-electron chi connectivity index (χ4n) is 1.71. The molecule has 0 saturated heterocycles. The van der Waals surface area contributed by atoms with Crippen molar-refractivity contribution < 1.29 is 0 Å². The third-order valence-corrected chi connectivity index (χ3v) is 4.12. The van der Waals surface area contributed by atoms with E-state index in [4.69, 9.17) is 28.9 Å². The van der Waals surface area contributed by atoms with Crippen molar-refractivity contribution in [3.63, 3.8) is 0 Å². The average molecular weight is 409 g/mol. The standard InChI is InChI=1S/C12H11Cl2IN4/c1-19(10-11(15)17-6-18-12(10)16)5-7-2-3-8(13)9(14)4-7/h2-4,6H,5H2,1H3,(H2,16,17,18). The molecule has 100 valence electrons. The second-order valence-electron chi connectivity index (χ2n) is 4.00. The zero-order chi connectivity index (χ0) is 14.0. The Morgan fingerprint density at radius 2 is 2.00 bits per heavy atom. The molecule has 0 amide bonds. The van der Waals surface area contributed by atoms with E-state index in [1.165, 1.54) is 6.33 Å². The molecule has 0 aliphatic carbocycles. The number of benzene rings is 1. The summed E-state index contributed by atoms with van der Waals surface area (Å²) >= 11 is 14.0. The Hall–Kier alpha value is -0.790. The lowest BCUT2D eigenvalue weighted by Crippen LogP contribution is -2.20. The fraction of sp³-hybridized carbons (Fsp3) is 0.167. The number of nitrogen functional groups attached to an aromatic ring is 1. The molecular formula is C12H11Cl2IN4. The molecular weight excluding hydrogens is 398 g/mol. The van der Waals surface area contributed by atoms with Gasteiger partial charge in [0, 0.05) is 13.6 Å². The molecule has 1 aromatic carbocycles. The van der Waals surface area contributed by atoms with Crippen molar-refractivity contribution in [1.82, 2.24) is 9.97 Å². The molecule has 0 fully saturated rings. The Bertz CT molecular complexity index is 586. The van der Waals surface area contributed by atoms with Crippen LogP contribution in [0.4, 0.5) is 11.5 Å². The molecule has 2 rings (SSSR count). The molecule has 0 atom stereocenters. The lowest BCUT2D eigenvalue weighted by Gasteiger charge is -2.21. The molecule has 2 aromatic rings. The smallest absolute Gasteiger partial charge is 0.151 e. The summed E-state index contributed by atoms with van der Waals surface area (Å²) in [4.78, 5) is 10.1. The Morgan fingerprint density at radius 1 is 1.26 bits per heavy atom. The summed E-state index contributed by atoms with van der Waals surface area (Å²) in [5, 5.41) is 1.09. The Labute approximate surface area is 135 Å². The van der Waals surface area contributed by atoms with Crippen molar-refractivity contribution in [3.8, 4) is 0 Å². The molecule has 19 heavy (non-hydrogen) atoms. The van der Waals surface area contributed by atoms with E-state index >= 15 is 0 Å². The van der Waals surface area contributed by atoms with Crippen molar-refractivity contribution >= 4 is 57.3 Å². The predicted octanol–water partition coefficient (Wildman–Crippen LogP) is 3.61. The zero-order valence-corrected chi connectivity index (χ0v) is 13.7. The highest BCUT2D eigenvalue weighted by Crippen LogP contribution is 2.27. The summed E-state index contributed by atoms with van der Waals surface area (Å²) in [6.07, 6.45) is 1.45. The van der Waals surface area contributed by atoms with E-state index < -0.39 is 0 Å². The first-order valence-corrected chi connectivity index (χ1v) is 7.23. The molecule has 0 aliphatic rings. The third kappa shape index (κ3) is 3.40. The van der Waals surface area contributed by atoms with Crippen LogP contribution in [0.25, 0.3) is 0 Å². The lowest BCUT2D eigenvalue weighted by atomic mass is 10.2. The Morgan fingerprint density at radius 3 is 2.63 bits per heavy atom. The lowest BCUT2D eigenvalue weighted by molar-refractivity contribution is 0.905. The van der Waals surface area contributed by atoms with Gasteiger partial charge in [0.1, 0.15) is 15.7 Å².